The van der Waals surface area contributed by atoms with Crippen molar-refractivity contribution in [3.63, 3.8) is 0 Å². The molecule has 5 nitrogen and oxygen atoms in total. The van der Waals surface area contributed by atoms with Gasteiger partial charge in [0.15, 0.2) is 0 Å². The molecular weight excluding hydrogens is 180 g/mol. The van der Waals surface area contributed by atoms with Crippen molar-refractivity contribution in [2.75, 3.05) is 19.3 Å². The second kappa shape index (κ2) is 3.69. The molecule has 14 heavy (non-hydrogen) atoms. The maximum Gasteiger partial charge on any atom is 0.259 e. The van der Waals surface area contributed by atoms with Crippen LogP contribution in [0, 0.1) is 6.92 Å². The van der Waals surface area contributed by atoms with E-state index in [1.54, 1.807) is 25.9 Å². The molecule has 1 aromatic heterocycles. The average Bonchev–Trinajstić information content (AvgIpc) is 2.39. The summed E-state index contributed by atoms with van der Waals surface area (Å²) >= 11 is 0. The molecule has 0 fully saturated rings. The zero-order valence-corrected chi connectivity index (χ0v) is 9.03. The lowest BCUT2D eigenvalue weighted by Crippen LogP contribution is -2.27. The number of aryl methyl sites for hydroxylation is 2. The molecule has 0 aliphatic rings. The predicted octanol–water partition coefficient (Wildman–Crippen LogP) is 0.403. The van der Waals surface area contributed by atoms with Crippen molar-refractivity contribution in [3.05, 3.63) is 11.3 Å². The molecular formula is C9H16N4O. The lowest BCUT2D eigenvalue weighted by Gasteiger charge is -2.14. The number of aromatic nitrogens is 2. The van der Waals surface area contributed by atoms with E-state index >= 15 is 0 Å². The molecule has 0 aromatic carbocycles. The molecule has 0 atom stereocenters. The van der Waals surface area contributed by atoms with Gasteiger partial charge in [-0.3, -0.25) is 9.48 Å². The first-order valence-corrected chi connectivity index (χ1v) is 4.53. The summed E-state index contributed by atoms with van der Waals surface area (Å²) < 4.78 is 1.52. The molecule has 0 radical (unpaired) electrons. The first-order valence-electron chi connectivity index (χ1n) is 4.53. The Morgan fingerprint density at radius 1 is 1.64 bits per heavy atom. The summed E-state index contributed by atoms with van der Waals surface area (Å²) in [5.41, 5.74) is 6.94. The molecule has 5 heteroatoms. The van der Waals surface area contributed by atoms with Crippen LogP contribution in [-0.2, 0) is 7.05 Å². The van der Waals surface area contributed by atoms with Crippen LogP contribution < -0.4 is 5.73 Å². The van der Waals surface area contributed by atoms with Crippen LogP contribution in [0.2, 0.25) is 0 Å². The summed E-state index contributed by atoms with van der Waals surface area (Å²) in [5, 5.41) is 4.09. The van der Waals surface area contributed by atoms with Crippen molar-refractivity contribution in [1.82, 2.24) is 14.7 Å². The first-order chi connectivity index (χ1) is 6.49. The average molecular weight is 196 g/mol. The normalized spacial score (nSPS) is 10.3. The van der Waals surface area contributed by atoms with E-state index < -0.39 is 0 Å². The van der Waals surface area contributed by atoms with Crippen molar-refractivity contribution in [2.45, 2.75) is 13.8 Å². The Morgan fingerprint density at radius 2 is 2.21 bits per heavy atom. The highest BCUT2D eigenvalue weighted by molar-refractivity contribution is 5.99. The van der Waals surface area contributed by atoms with Gasteiger partial charge in [0, 0.05) is 20.6 Å². The van der Waals surface area contributed by atoms with Crippen molar-refractivity contribution in [2.24, 2.45) is 7.05 Å². The topological polar surface area (TPSA) is 64.2 Å². The van der Waals surface area contributed by atoms with Crippen molar-refractivity contribution in [1.29, 1.82) is 0 Å². The number of rotatable bonds is 2. The molecule has 0 unspecified atom stereocenters. The summed E-state index contributed by atoms with van der Waals surface area (Å²) in [7, 11) is 3.47. The summed E-state index contributed by atoms with van der Waals surface area (Å²) in [5.74, 6) is 0.350. The highest BCUT2D eigenvalue weighted by Gasteiger charge is 2.20. The van der Waals surface area contributed by atoms with Crippen molar-refractivity contribution < 1.29 is 4.79 Å². The van der Waals surface area contributed by atoms with Crippen LogP contribution in [0.25, 0.3) is 0 Å². The smallest absolute Gasteiger partial charge is 0.259 e. The highest BCUT2D eigenvalue weighted by Crippen LogP contribution is 2.16. The van der Waals surface area contributed by atoms with E-state index in [4.69, 9.17) is 5.73 Å². The minimum Gasteiger partial charge on any atom is -0.383 e. The van der Waals surface area contributed by atoms with Gasteiger partial charge in [-0.15, -0.1) is 0 Å². The van der Waals surface area contributed by atoms with E-state index in [0.29, 0.717) is 23.6 Å². The number of nitrogens with zero attached hydrogens (tertiary/aromatic N) is 3. The second-order valence-corrected chi connectivity index (χ2v) is 3.29. The summed E-state index contributed by atoms with van der Waals surface area (Å²) in [4.78, 5) is 13.4. The Kier molecular flexibility index (Phi) is 2.78. The van der Waals surface area contributed by atoms with Gasteiger partial charge >= 0.3 is 0 Å². The number of hydrogen-bond donors (Lipinski definition) is 1. The van der Waals surface area contributed by atoms with Gasteiger partial charge in [-0.1, -0.05) is 0 Å². The van der Waals surface area contributed by atoms with E-state index in [1.807, 2.05) is 6.92 Å². The molecule has 1 rings (SSSR count). The number of amides is 1. The van der Waals surface area contributed by atoms with Gasteiger partial charge < -0.3 is 10.6 Å². The quantitative estimate of drug-likeness (QED) is 0.744. The molecule has 2 N–H and O–H groups in total. The largest absolute Gasteiger partial charge is 0.383 e. The maximum atomic E-state index is 11.8. The van der Waals surface area contributed by atoms with Crippen LogP contribution in [0.3, 0.4) is 0 Å². The van der Waals surface area contributed by atoms with E-state index in [-0.39, 0.29) is 5.91 Å². The summed E-state index contributed by atoms with van der Waals surface area (Å²) in [6.07, 6.45) is 0. The molecule has 78 valence electrons. The SMILES string of the molecule is CCN(C)C(=O)c1c(C)nn(C)c1N. The van der Waals surface area contributed by atoms with Crippen LogP contribution in [-0.4, -0.2) is 34.2 Å². The fraction of sp³-hybridized carbons (Fsp3) is 0.556. The number of nitrogen functional groups attached to an aromatic ring is 1. The van der Waals surface area contributed by atoms with E-state index in [2.05, 4.69) is 5.10 Å². The molecule has 0 aliphatic heterocycles. The lowest BCUT2D eigenvalue weighted by molar-refractivity contribution is 0.0803. The summed E-state index contributed by atoms with van der Waals surface area (Å²) in [6, 6.07) is 0. The van der Waals surface area contributed by atoms with Gasteiger partial charge in [-0.25, -0.2) is 0 Å². The molecule has 1 heterocycles. The molecule has 1 amide bonds. The highest BCUT2D eigenvalue weighted by atomic mass is 16.2. The molecule has 0 bridgehead atoms. The molecule has 1 aromatic rings. The van der Waals surface area contributed by atoms with Crippen LogP contribution in [0.4, 0.5) is 5.82 Å². The first kappa shape index (κ1) is 10.6. The number of carbonyl (C=O) groups excluding carboxylic acids is 1. The lowest BCUT2D eigenvalue weighted by atomic mass is 10.2. The molecule has 0 spiro atoms. The number of carbonyl (C=O) groups is 1. The Balaban J connectivity index is 3.12. The minimum atomic E-state index is -0.0735. The van der Waals surface area contributed by atoms with Gasteiger partial charge in [0.1, 0.15) is 11.4 Å². The number of hydrogen-bond acceptors (Lipinski definition) is 3. The Labute approximate surface area is 83.5 Å². The summed E-state index contributed by atoms with van der Waals surface area (Å²) in [6.45, 7) is 4.36. The zero-order valence-electron chi connectivity index (χ0n) is 9.03. The third-order valence-electron chi connectivity index (χ3n) is 2.30. The monoisotopic (exact) mass is 196 g/mol. The van der Waals surface area contributed by atoms with Gasteiger partial charge in [-0.05, 0) is 13.8 Å². The Morgan fingerprint density at radius 3 is 2.57 bits per heavy atom. The van der Waals surface area contributed by atoms with Gasteiger partial charge in [0.05, 0.1) is 5.69 Å². The number of nitrogens with two attached hydrogens (primary N) is 1. The van der Waals surface area contributed by atoms with Gasteiger partial charge in [-0.2, -0.15) is 5.10 Å². The van der Waals surface area contributed by atoms with E-state index in [0.717, 1.165) is 0 Å². The second-order valence-electron chi connectivity index (χ2n) is 3.29. The van der Waals surface area contributed by atoms with Crippen LogP contribution in [0.15, 0.2) is 0 Å². The maximum absolute atomic E-state index is 11.8. The number of anilines is 1. The van der Waals surface area contributed by atoms with Crippen LogP contribution >= 0.6 is 0 Å². The van der Waals surface area contributed by atoms with Gasteiger partial charge in [0.25, 0.3) is 5.91 Å². The van der Waals surface area contributed by atoms with E-state index in [9.17, 15) is 4.79 Å². The zero-order chi connectivity index (χ0) is 10.9. The van der Waals surface area contributed by atoms with Gasteiger partial charge in [0.2, 0.25) is 0 Å². The molecule has 0 saturated heterocycles. The molecule has 0 aliphatic carbocycles. The predicted molar refractivity (Wildman–Crippen MR) is 55.0 cm³/mol. The van der Waals surface area contributed by atoms with E-state index in [1.165, 1.54) is 4.68 Å². The van der Waals surface area contributed by atoms with Crippen LogP contribution in [0.5, 0.6) is 0 Å². The minimum absolute atomic E-state index is 0.0735. The van der Waals surface area contributed by atoms with Crippen molar-refractivity contribution in [3.8, 4) is 0 Å². The molecule has 0 saturated carbocycles. The Bertz CT molecular complexity index is 356. The standard InChI is InChI=1S/C9H16N4O/c1-5-12(3)9(14)7-6(2)11-13(4)8(7)10/h5,10H2,1-4H3. The van der Waals surface area contributed by atoms with Crippen LogP contribution in [0.1, 0.15) is 23.0 Å². The Hall–Kier alpha value is -1.52. The fourth-order valence-electron chi connectivity index (χ4n) is 1.27. The van der Waals surface area contributed by atoms with Crippen molar-refractivity contribution >= 4 is 11.7 Å². The third-order valence-corrected chi connectivity index (χ3v) is 2.30. The third kappa shape index (κ3) is 1.57. The fourth-order valence-corrected chi connectivity index (χ4v) is 1.27.